The van der Waals surface area contributed by atoms with Gasteiger partial charge in [0.2, 0.25) is 0 Å². The Morgan fingerprint density at radius 3 is 2.56 bits per heavy atom. The molecule has 6 heteroatoms. The average Bonchev–Trinajstić information content (AvgIpc) is 2.61. The van der Waals surface area contributed by atoms with Crippen LogP contribution in [0, 0.1) is 5.82 Å². The van der Waals surface area contributed by atoms with E-state index in [1.54, 1.807) is 38.3 Å². The van der Waals surface area contributed by atoms with Crippen LogP contribution in [-0.4, -0.2) is 29.9 Å². The number of ether oxygens (including phenoxy) is 2. The van der Waals surface area contributed by atoms with E-state index in [0.717, 1.165) is 0 Å². The highest BCUT2D eigenvalue weighted by Gasteiger charge is 2.15. The van der Waals surface area contributed by atoms with Gasteiger partial charge in [0, 0.05) is 11.8 Å². The number of H-pyrrole nitrogens is 1. The van der Waals surface area contributed by atoms with E-state index >= 15 is 0 Å². The third-order valence-corrected chi connectivity index (χ3v) is 3.83. The number of halogens is 1. The number of rotatable bonds is 5. The summed E-state index contributed by atoms with van der Waals surface area (Å²) >= 11 is 0. The van der Waals surface area contributed by atoms with Crippen LogP contribution in [0.25, 0.3) is 22.0 Å². The Balaban J connectivity index is 2.13. The number of methoxy groups -OCH3 is 1. The number of pyridine rings is 1. The maximum atomic E-state index is 14.3. The first-order valence-electron chi connectivity index (χ1n) is 7.80. The van der Waals surface area contributed by atoms with Crippen LogP contribution in [0.4, 0.5) is 4.39 Å². The van der Waals surface area contributed by atoms with Crippen LogP contribution in [0.1, 0.15) is 6.92 Å². The molecule has 0 spiro atoms. The lowest BCUT2D eigenvalue weighted by Crippen LogP contribution is -2.14. The number of fused-ring (bicyclic) bond motifs is 1. The number of nitrogens with one attached hydrogen (secondary N) is 1. The van der Waals surface area contributed by atoms with Crippen molar-refractivity contribution in [2.24, 2.45) is 0 Å². The Labute approximate surface area is 143 Å². The van der Waals surface area contributed by atoms with Crippen LogP contribution < -0.4 is 14.9 Å². The van der Waals surface area contributed by atoms with Gasteiger partial charge in [0.1, 0.15) is 23.9 Å². The summed E-state index contributed by atoms with van der Waals surface area (Å²) in [5.41, 5.74) is 0.835. The monoisotopic (exact) mass is 343 g/mol. The van der Waals surface area contributed by atoms with Crippen molar-refractivity contribution in [3.63, 3.8) is 0 Å². The fourth-order valence-corrected chi connectivity index (χ4v) is 2.58. The van der Waals surface area contributed by atoms with Gasteiger partial charge in [-0.05, 0) is 36.8 Å². The second-order valence-electron chi connectivity index (χ2n) is 5.72. The number of aromatic nitrogens is 1. The van der Waals surface area contributed by atoms with Gasteiger partial charge in [-0.25, -0.2) is 4.39 Å². The molecule has 0 amide bonds. The molecular weight excluding hydrogens is 325 g/mol. The van der Waals surface area contributed by atoms with Gasteiger partial charge in [-0.15, -0.1) is 0 Å². The molecule has 0 radical (unpaired) electrons. The Morgan fingerprint density at radius 1 is 1.20 bits per heavy atom. The van der Waals surface area contributed by atoms with Crippen molar-refractivity contribution in [3.8, 4) is 22.6 Å². The van der Waals surface area contributed by atoms with Gasteiger partial charge in [0.05, 0.1) is 24.1 Å². The molecule has 1 heterocycles. The first-order valence-corrected chi connectivity index (χ1v) is 7.80. The van der Waals surface area contributed by atoms with Crippen molar-refractivity contribution in [2.45, 2.75) is 13.0 Å². The zero-order valence-corrected chi connectivity index (χ0v) is 13.9. The fourth-order valence-electron chi connectivity index (χ4n) is 2.58. The molecule has 130 valence electrons. The molecule has 0 aliphatic rings. The summed E-state index contributed by atoms with van der Waals surface area (Å²) in [6.07, 6.45) is 0.853. The predicted octanol–water partition coefficient (Wildman–Crippen LogP) is 3.10. The minimum atomic E-state index is -0.676. The van der Waals surface area contributed by atoms with E-state index in [2.05, 4.69) is 4.98 Å². The van der Waals surface area contributed by atoms with Crippen LogP contribution in [0.3, 0.4) is 0 Å². The summed E-state index contributed by atoms with van der Waals surface area (Å²) in [4.78, 5) is 15.7. The zero-order valence-electron chi connectivity index (χ0n) is 13.9. The van der Waals surface area contributed by atoms with Gasteiger partial charge in [-0.2, -0.15) is 0 Å². The lowest BCUT2D eigenvalue weighted by atomic mass is 10.0. The van der Waals surface area contributed by atoms with E-state index in [1.165, 1.54) is 18.3 Å². The van der Waals surface area contributed by atoms with Crippen molar-refractivity contribution in [1.29, 1.82) is 0 Å². The van der Waals surface area contributed by atoms with E-state index in [9.17, 15) is 14.3 Å². The Kier molecular flexibility index (Phi) is 4.72. The van der Waals surface area contributed by atoms with E-state index in [4.69, 9.17) is 9.47 Å². The molecule has 0 aliphatic carbocycles. The molecule has 0 fully saturated rings. The summed E-state index contributed by atoms with van der Waals surface area (Å²) < 4.78 is 24.9. The van der Waals surface area contributed by atoms with Crippen molar-refractivity contribution in [2.75, 3.05) is 13.7 Å². The second kappa shape index (κ2) is 6.94. The topological polar surface area (TPSA) is 71.6 Å². The molecule has 5 nitrogen and oxygen atoms in total. The number of aliphatic hydroxyl groups is 1. The average molecular weight is 343 g/mol. The van der Waals surface area contributed by atoms with Crippen LogP contribution in [0.5, 0.6) is 11.5 Å². The molecule has 0 saturated carbocycles. The quantitative estimate of drug-likeness (QED) is 0.747. The maximum Gasteiger partial charge on any atom is 0.200 e. The summed E-state index contributed by atoms with van der Waals surface area (Å²) in [6.45, 7) is 1.62. The summed E-state index contributed by atoms with van der Waals surface area (Å²) in [5, 5.41) is 9.28. The predicted molar refractivity (Wildman–Crippen MR) is 93.7 cm³/mol. The first kappa shape index (κ1) is 17.0. The van der Waals surface area contributed by atoms with Gasteiger partial charge < -0.3 is 19.6 Å². The van der Waals surface area contributed by atoms with Crippen LogP contribution in [0.15, 0.2) is 47.4 Å². The van der Waals surface area contributed by atoms with E-state index in [1.807, 2.05) is 0 Å². The van der Waals surface area contributed by atoms with Gasteiger partial charge in [0.25, 0.3) is 0 Å². The Morgan fingerprint density at radius 2 is 1.92 bits per heavy atom. The van der Waals surface area contributed by atoms with E-state index in [0.29, 0.717) is 22.6 Å². The minimum absolute atomic E-state index is 0.0446. The van der Waals surface area contributed by atoms with Crippen molar-refractivity contribution >= 4 is 10.9 Å². The van der Waals surface area contributed by atoms with E-state index in [-0.39, 0.29) is 17.5 Å². The molecule has 0 saturated heterocycles. The molecule has 0 bridgehead atoms. The zero-order chi connectivity index (χ0) is 18.0. The summed E-state index contributed by atoms with van der Waals surface area (Å²) in [7, 11) is 1.56. The third-order valence-electron chi connectivity index (χ3n) is 3.83. The minimum Gasteiger partial charge on any atom is -0.497 e. The molecule has 2 N–H and O–H groups in total. The normalized spacial score (nSPS) is 12.2. The van der Waals surface area contributed by atoms with Crippen molar-refractivity contribution in [3.05, 3.63) is 58.6 Å². The summed E-state index contributed by atoms with van der Waals surface area (Å²) in [6, 6.07) is 9.56. The molecule has 1 atom stereocenters. The van der Waals surface area contributed by atoms with Crippen LogP contribution in [-0.2, 0) is 0 Å². The number of aromatic amines is 1. The molecular formula is C19H18FNO4. The third kappa shape index (κ3) is 3.34. The smallest absolute Gasteiger partial charge is 0.200 e. The fraction of sp³-hybridized carbons (Fsp3) is 0.211. The van der Waals surface area contributed by atoms with Crippen molar-refractivity contribution in [1.82, 2.24) is 4.98 Å². The van der Waals surface area contributed by atoms with Gasteiger partial charge in [-0.1, -0.05) is 12.1 Å². The number of hydrogen-bond donors (Lipinski definition) is 2. The molecule has 25 heavy (non-hydrogen) atoms. The highest BCUT2D eigenvalue weighted by molar-refractivity contribution is 5.88. The number of benzene rings is 2. The summed E-state index contributed by atoms with van der Waals surface area (Å²) in [5.74, 6) is 0.354. The highest BCUT2D eigenvalue weighted by atomic mass is 19.1. The van der Waals surface area contributed by atoms with Gasteiger partial charge >= 0.3 is 0 Å². The molecule has 1 aromatic heterocycles. The lowest BCUT2D eigenvalue weighted by molar-refractivity contribution is 0.123. The molecule has 2 aromatic carbocycles. The molecule has 0 aliphatic heterocycles. The maximum absolute atomic E-state index is 14.3. The number of hydrogen-bond acceptors (Lipinski definition) is 4. The van der Waals surface area contributed by atoms with Crippen molar-refractivity contribution < 1.29 is 19.0 Å². The van der Waals surface area contributed by atoms with Gasteiger partial charge in [0.15, 0.2) is 5.43 Å². The van der Waals surface area contributed by atoms with Crippen LogP contribution >= 0.6 is 0 Å². The second-order valence-corrected chi connectivity index (χ2v) is 5.72. The van der Waals surface area contributed by atoms with Crippen LogP contribution in [0.2, 0.25) is 0 Å². The van der Waals surface area contributed by atoms with Gasteiger partial charge in [-0.3, -0.25) is 4.79 Å². The highest BCUT2D eigenvalue weighted by Crippen LogP contribution is 2.27. The largest absolute Gasteiger partial charge is 0.497 e. The first-order chi connectivity index (χ1) is 12.0. The SMILES string of the molecule is COc1ccc(-c2c[nH]c3c(OCC(C)O)ccc(F)c3c2=O)cc1. The lowest BCUT2D eigenvalue weighted by Gasteiger charge is -2.12. The van der Waals surface area contributed by atoms with E-state index < -0.39 is 17.3 Å². The molecule has 3 aromatic rings. The molecule has 1 unspecified atom stereocenters. The Bertz CT molecular complexity index is 948. The number of aliphatic hydroxyl groups excluding tert-OH is 1. The Hall–Kier alpha value is -2.86. The molecule has 3 rings (SSSR count). The standard InChI is InChI=1S/C19H18FNO4/c1-11(22)10-25-16-8-7-15(20)17-18(16)21-9-14(19(17)23)12-3-5-13(24-2)6-4-12/h3-9,11,22H,10H2,1-2H3,(H,21,23).